The van der Waals surface area contributed by atoms with Gasteiger partial charge in [0.1, 0.15) is 0 Å². The molecule has 0 aromatic carbocycles. The first-order valence-electron chi connectivity index (χ1n) is 0. The van der Waals surface area contributed by atoms with Crippen molar-refractivity contribution in [2.75, 3.05) is 0 Å². The summed E-state index contributed by atoms with van der Waals surface area (Å²) in [6.07, 6.45) is 0. The van der Waals surface area contributed by atoms with Gasteiger partial charge in [0.15, 0.2) is 0 Å². The van der Waals surface area contributed by atoms with E-state index in [1.165, 1.54) is 0 Å². The van der Waals surface area contributed by atoms with Crippen LogP contribution >= 0.6 is 0 Å². The van der Waals surface area contributed by atoms with Crippen LogP contribution in [0.15, 0.2) is 0 Å². The van der Waals surface area contributed by atoms with Gasteiger partial charge >= 0.3 is 68.7 Å². The van der Waals surface area contributed by atoms with Crippen molar-refractivity contribution in [2.45, 2.75) is 0 Å². The first kappa shape index (κ1) is 36.1. The van der Waals surface area contributed by atoms with Crippen LogP contribution in [0.25, 0.3) is 0 Å². The van der Waals surface area contributed by atoms with E-state index in [0.29, 0.717) is 0 Å². The van der Waals surface area contributed by atoms with Crippen molar-refractivity contribution in [1.82, 2.24) is 0 Å². The molecule has 0 aliphatic rings. The molecule has 0 atom stereocenters. The van der Waals surface area contributed by atoms with Gasteiger partial charge in [0.25, 0.3) is 0 Å². The van der Waals surface area contributed by atoms with Crippen LogP contribution in [0, 0.1) is 0 Å². The van der Waals surface area contributed by atoms with E-state index in [-0.39, 0.29) is 79.7 Å². The summed E-state index contributed by atoms with van der Waals surface area (Å²) in [6, 6.07) is 0. The SMILES string of the molecule is [Al+3].[K+].[O-2].[O-2]. The topological polar surface area (TPSA) is 57.0 Å². The molecule has 0 aliphatic heterocycles. The minimum Gasteiger partial charge on any atom is -2.00 e. The molecule has 0 N–H and O–H groups in total. The summed E-state index contributed by atoms with van der Waals surface area (Å²) in [5.41, 5.74) is 0. The Kier molecular flexibility index (Phi) is 176. The van der Waals surface area contributed by atoms with Crippen LogP contribution in [0.5, 0.6) is 0 Å². The van der Waals surface area contributed by atoms with Crippen LogP contribution in [0.4, 0.5) is 0 Å². The Morgan fingerprint density at radius 1 is 0.750 bits per heavy atom. The van der Waals surface area contributed by atoms with Crippen LogP contribution in [0.3, 0.4) is 0 Å². The van der Waals surface area contributed by atoms with Crippen LogP contribution in [-0.2, 0) is 11.0 Å². The van der Waals surface area contributed by atoms with Gasteiger partial charge in [0.2, 0.25) is 0 Å². The normalized spacial score (nSPS) is 0. The Morgan fingerprint density at radius 2 is 0.750 bits per heavy atom. The summed E-state index contributed by atoms with van der Waals surface area (Å²) in [5, 5.41) is 0. The summed E-state index contributed by atoms with van der Waals surface area (Å²) >= 11 is 0. The Bertz CT molecular complexity index is 6.00. The molecular formula is AlKO2. The van der Waals surface area contributed by atoms with E-state index in [1.54, 1.807) is 0 Å². The van der Waals surface area contributed by atoms with Gasteiger partial charge in [-0.2, -0.15) is 0 Å². The number of rotatable bonds is 0. The van der Waals surface area contributed by atoms with Crippen molar-refractivity contribution in [3.63, 3.8) is 0 Å². The zero-order chi connectivity index (χ0) is 0. The van der Waals surface area contributed by atoms with Gasteiger partial charge in [-0.15, -0.1) is 0 Å². The standard InChI is InChI=1S/Al.K.2O/q+3;+1;2*-2. The summed E-state index contributed by atoms with van der Waals surface area (Å²) < 4.78 is 0. The Balaban J connectivity index is 0. The summed E-state index contributed by atoms with van der Waals surface area (Å²) in [4.78, 5) is 0. The number of hydrogen-bond acceptors (Lipinski definition) is 0. The van der Waals surface area contributed by atoms with E-state index in [4.69, 9.17) is 0 Å². The first-order valence-corrected chi connectivity index (χ1v) is 0. The second-order valence-corrected chi connectivity index (χ2v) is 0. The minimum absolute atomic E-state index is 0. The molecule has 0 radical (unpaired) electrons. The Hall–Kier alpha value is 2.09. The minimum atomic E-state index is 0. The van der Waals surface area contributed by atoms with Crippen molar-refractivity contribution >= 4 is 17.4 Å². The average Bonchev–Trinajstić information content (AvgIpc) is 0. The van der Waals surface area contributed by atoms with Crippen LogP contribution < -0.4 is 51.4 Å². The summed E-state index contributed by atoms with van der Waals surface area (Å²) in [5.74, 6) is 0. The van der Waals surface area contributed by atoms with Crippen molar-refractivity contribution in [3.05, 3.63) is 0 Å². The van der Waals surface area contributed by atoms with E-state index < -0.39 is 0 Å². The fourth-order valence-electron chi connectivity index (χ4n) is 0. The van der Waals surface area contributed by atoms with Crippen molar-refractivity contribution in [1.29, 1.82) is 0 Å². The van der Waals surface area contributed by atoms with Gasteiger partial charge in [0, 0.05) is 0 Å². The zero-order valence-corrected chi connectivity index (χ0v) is 6.67. The van der Waals surface area contributed by atoms with E-state index in [2.05, 4.69) is 0 Å². The molecule has 16 valence electrons. The molecule has 0 saturated heterocycles. The van der Waals surface area contributed by atoms with E-state index in [9.17, 15) is 0 Å². The molecule has 2 nitrogen and oxygen atoms in total. The average molecular weight is 98.1 g/mol. The Labute approximate surface area is 78.1 Å². The zero-order valence-electron chi connectivity index (χ0n) is 2.39. The van der Waals surface area contributed by atoms with E-state index in [0.717, 1.165) is 0 Å². The van der Waals surface area contributed by atoms with Crippen LogP contribution in [0.2, 0.25) is 0 Å². The predicted octanol–water partition coefficient (Wildman–Crippen LogP) is -3.61. The molecule has 0 bridgehead atoms. The molecule has 0 fully saturated rings. The second-order valence-electron chi connectivity index (χ2n) is 0. The summed E-state index contributed by atoms with van der Waals surface area (Å²) in [7, 11) is 0. The molecule has 4 heteroatoms. The van der Waals surface area contributed by atoms with Crippen molar-refractivity contribution < 1.29 is 62.3 Å². The molecule has 0 saturated carbocycles. The third-order valence-electron chi connectivity index (χ3n) is 0. The van der Waals surface area contributed by atoms with Gasteiger partial charge in [-0.1, -0.05) is 0 Å². The van der Waals surface area contributed by atoms with Gasteiger partial charge in [0.05, 0.1) is 0 Å². The fourth-order valence-corrected chi connectivity index (χ4v) is 0. The molecule has 0 spiro atoms. The molecule has 0 aromatic heterocycles. The van der Waals surface area contributed by atoms with Gasteiger partial charge in [-0.25, -0.2) is 0 Å². The second kappa shape index (κ2) is 19.5. The maximum absolute atomic E-state index is 0. The maximum atomic E-state index is 0. The van der Waals surface area contributed by atoms with E-state index in [1.807, 2.05) is 0 Å². The molecule has 0 unspecified atom stereocenters. The smallest absolute Gasteiger partial charge is 2.00 e. The number of hydrogen-bond donors (Lipinski definition) is 0. The predicted molar refractivity (Wildman–Crippen MR) is 7.13 cm³/mol. The molecule has 0 amide bonds. The maximum Gasteiger partial charge on any atom is 3.00 e. The molecule has 0 aromatic rings. The van der Waals surface area contributed by atoms with E-state index >= 15 is 0 Å². The van der Waals surface area contributed by atoms with Crippen molar-refractivity contribution in [3.8, 4) is 0 Å². The summed E-state index contributed by atoms with van der Waals surface area (Å²) in [6.45, 7) is 0. The molecular weight excluding hydrogens is 98.1 g/mol. The molecule has 0 heterocycles. The molecule has 4 heavy (non-hydrogen) atoms. The van der Waals surface area contributed by atoms with Crippen LogP contribution in [-0.4, -0.2) is 17.4 Å². The monoisotopic (exact) mass is 97.9 g/mol. The third-order valence-corrected chi connectivity index (χ3v) is 0. The Morgan fingerprint density at radius 3 is 0.750 bits per heavy atom. The molecule has 0 rings (SSSR count). The molecule has 0 aliphatic carbocycles. The van der Waals surface area contributed by atoms with Crippen molar-refractivity contribution in [2.24, 2.45) is 0 Å². The van der Waals surface area contributed by atoms with Gasteiger partial charge in [-0.05, 0) is 0 Å². The largest absolute Gasteiger partial charge is 3.00 e. The van der Waals surface area contributed by atoms with Gasteiger partial charge in [-0.3, -0.25) is 0 Å². The first-order chi connectivity index (χ1) is 0. The van der Waals surface area contributed by atoms with Gasteiger partial charge < -0.3 is 11.0 Å². The quantitative estimate of drug-likeness (QED) is 0.281. The fraction of sp³-hybridized carbons (Fsp3) is 0. The van der Waals surface area contributed by atoms with Crippen LogP contribution in [0.1, 0.15) is 0 Å². The third kappa shape index (κ3) is 8.94.